The molecule has 0 fully saturated rings. The van der Waals surface area contributed by atoms with E-state index in [0.717, 1.165) is 9.87 Å². The van der Waals surface area contributed by atoms with Gasteiger partial charge in [-0.1, -0.05) is 65.7 Å². The smallest absolute Gasteiger partial charge is 0.243 e. The lowest BCUT2D eigenvalue weighted by molar-refractivity contribution is -0.122. The lowest BCUT2D eigenvalue weighted by atomic mass is 10.1. The molecule has 3 aromatic carbocycles. The molecule has 0 aliphatic rings. The SMILES string of the molecule is COc1ccccc1[C@@H](C)NC(=O)CN(Cc1ccc(Cl)cc1Cl)S(=O)(=O)c1ccccc1. The Hall–Kier alpha value is -2.58. The number of nitrogens with zero attached hydrogens (tertiary/aromatic N) is 1. The summed E-state index contributed by atoms with van der Waals surface area (Å²) in [5, 5.41) is 3.61. The molecule has 6 nitrogen and oxygen atoms in total. The number of nitrogens with one attached hydrogen (secondary N) is 1. The van der Waals surface area contributed by atoms with Crippen LogP contribution in [0.5, 0.6) is 5.75 Å². The van der Waals surface area contributed by atoms with Gasteiger partial charge >= 0.3 is 0 Å². The van der Waals surface area contributed by atoms with Crippen molar-refractivity contribution in [2.75, 3.05) is 13.7 Å². The molecule has 1 amide bonds. The number of hydrogen-bond acceptors (Lipinski definition) is 4. The molecular formula is C24H24Cl2N2O4S. The molecule has 1 atom stereocenters. The van der Waals surface area contributed by atoms with E-state index in [2.05, 4.69) is 5.32 Å². The van der Waals surface area contributed by atoms with Crippen molar-refractivity contribution >= 4 is 39.1 Å². The molecule has 0 aliphatic heterocycles. The van der Waals surface area contributed by atoms with Crippen LogP contribution in [0.25, 0.3) is 0 Å². The summed E-state index contributed by atoms with van der Waals surface area (Å²) < 4.78 is 33.2. The first-order chi connectivity index (χ1) is 15.7. The largest absolute Gasteiger partial charge is 0.496 e. The standard InChI is InChI=1S/C24H24Cl2N2O4S/c1-17(21-10-6-7-11-23(21)32-2)27-24(29)16-28(15-18-12-13-19(25)14-22(18)26)33(30,31)20-8-4-3-5-9-20/h3-14,17H,15-16H2,1-2H3,(H,27,29)/t17-/m1/s1. The second kappa shape index (κ2) is 11.0. The summed E-state index contributed by atoms with van der Waals surface area (Å²) in [5.74, 6) is 0.171. The summed E-state index contributed by atoms with van der Waals surface area (Å²) in [6.07, 6.45) is 0. The van der Waals surface area contributed by atoms with Gasteiger partial charge in [0, 0.05) is 22.2 Å². The van der Waals surface area contributed by atoms with Gasteiger partial charge in [-0.05, 0) is 42.8 Å². The van der Waals surface area contributed by atoms with Crippen molar-refractivity contribution in [3.05, 3.63) is 94.0 Å². The summed E-state index contributed by atoms with van der Waals surface area (Å²) >= 11 is 12.3. The summed E-state index contributed by atoms with van der Waals surface area (Å²) in [6, 6.07) is 19.7. The van der Waals surface area contributed by atoms with Crippen molar-refractivity contribution < 1.29 is 17.9 Å². The molecule has 0 heterocycles. The van der Waals surface area contributed by atoms with E-state index in [0.29, 0.717) is 21.4 Å². The summed E-state index contributed by atoms with van der Waals surface area (Å²) in [5.41, 5.74) is 1.32. The third-order valence-electron chi connectivity index (χ3n) is 5.05. The highest BCUT2D eigenvalue weighted by molar-refractivity contribution is 7.89. The van der Waals surface area contributed by atoms with Gasteiger partial charge in [-0.2, -0.15) is 4.31 Å². The average Bonchev–Trinajstić information content (AvgIpc) is 2.80. The summed E-state index contributed by atoms with van der Waals surface area (Å²) in [6.45, 7) is 1.32. The van der Waals surface area contributed by atoms with E-state index in [9.17, 15) is 13.2 Å². The molecule has 3 aromatic rings. The Labute approximate surface area is 204 Å². The van der Waals surface area contributed by atoms with Gasteiger partial charge in [0.25, 0.3) is 0 Å². The van der Waals surface area contributed by atoms with Crippen molar-refractivity contribution in [3.63, 3.8) is 0 Å². The molecule has 0 bridgehead atoms. The zero-order chi connectivity index (χ0) is 24.0. The van der Waals surface area contributed by atoms with E-state index in [1.165, 1.54) is 18.2 Å². The summed E-state index contributed by atoms with van der Waals surface area (Å²) in [7, 11) is -2.43. The van der Waals surface area contributed by atoms with Crippen LogP contribution in [0, 0.1) is 0 Å². The molecule has 33 heavy (non-hydrogen) atoms. The van der Waals surface area contributed by atoms with E-state index >= 15 is 0 Å². The number of halogens is 2. The highest BCUT2D eigenvalue weighted by atomic mass is 35.5. The Kier molecular flexibility index (Phi) is 8.37. The molecule has 0 unspecified atom stereocenters. The van der Waals surface area contributed by atoms with E-state index in [4.69, 9.17) is 27.9 Å². The third-order valence-corrected chi connectivity index (χ3v) is 7.44. The first-order valence-corrected chi connectivity index (χ1v) is 12.3. The minimum Gasteiger partial charge on any atom is -0.496 e. The van der Waals surface area contributed by atoms with Gasteiger partial charge in [-0.25, -0.2) is 8.42 Å². The molecule has 0 aliphatic carbocycles. The Morgan fingerprint density at radius 2 is 1.70 bits per heavy atom. The number of benzene rings is 3. The fourth-order valence-electron chi connectivity index (χ4n) is 3.36. The predicted octanol–water partition coefficient (Wildman–Crippen LogP) is 5.07. The first kappa shape index (κ1) is 25.1. The van der Waals surface area contributed by atoms with Gasteiger partial charge in [0.05, 0.1) is 24.6 Å². The van der Waals surface area contributed by atoms with Crippen LogP contribution in [0.1, 0.15) is 24.1 Å². The number of methoxy groups -OCH3 is 1. The molecular weight excluding hydrogens is 483 g/mol. The van der Waals surface area contributed by atoms with Crippen molar-refractivity contribution in [3.8, 4) is 5.75 Å². The molecule has 9 heteroatoms. The van der Waals surface area contributed by atoms with Crippen LogP contribution in [0.4, 0.5) is 0 Å². The topological polar surface area (TPSA) is 75.7 Å². The number of para-hydroxylation sites is 1. The molecule has 0 saturated heterocycles. The quantitative estimate of drug-likeness (QED) is 0.439. The number of ether oxygens (including phenoxy) is 1. The van der Waals surface area contributed by atoms with Crippen molar-refractivity contribution in [2.45, 2.75) is 24.4 Å². The van der Waals surface area contributed by atoms with E-state index in [1.807, 2.05) is 25.1 Å². The number of sulfonamides is 1. The van der Waals surface area contributed by atoms with Gasteiger partial charge in [0.2, 0.25) is 15.9 Å². The van der Waals surface area contributed by atoms with Crippen LogP contribution in [-0.4, -0.2) is 32.3 Å². The highest BCUT2D eigenvalue weighted by Crippen LogP contribution is 2.26. The van der Waals surface area contributed by atoms with Gasteiger partial charge in [-0.3, -0.25) is 4.79 Å². The molecule has 1 N–H and O–H groups in total. The first-order valence-electron chi connectivity index (χ1n) is 10.1. The number of carbonyl (C=O) groups is 1. The third kappa shape index (κ3) is 6.26. The number of rotatable bonds is 9. The Bertz CT molecular complexity index is 1220. The lowest BCUT2D eigenvalue weighted by Crippen LogP contribution is -2.41. The van der Waals surface area contributed by atoms with Gasteiger partial charge < -0.3 is 10.1 Å². The van der Waals surface area contributed by atoms with Crippen molar-refractivity contribution in [2.24, 2.45) is 0 Å². The molecule has 0 radical (unpaired) electrons. The van der Waals surface area contributed by atoms with Crippen molar-refractivity contribution in [1.82, 2.24) is 9.62 Å². The fourth-order valence-corrected chi connectivity index (χ4v) is 5.22. The maximum Gasteiger partial charge on any atom is 0.243 e. The maximum atomic E-state index is 13.4. The van der Waals surface area contributed by atoms with E-state index in [-0.39, 0.29) is 11.4 Å². The Morgan fingerprint density at radius 1 is 1.03 bits per heavy atom. The average molecular weight is 507 g/mol. The molecule has 3 rings (SSSR count). The second-order valence-corrected chi connectivity index (χ2v) is 10.1. The van der Waals surface area contributed by atoms with E-state index < -0.39 is 28.5 Å². The zero-order valence-electron chi connectivity index (χ0n) is 18.2. The molecule has 0 spiro atoms. The maximum absolute atomic E-state index is 13.4. The zero-order valence-corrected chi connectivity index (χ0v) is 20.5. The van der Waals surface area contributed by atoms with E-state index in [1.54, 1.807) is 43.5 Å². The van der Waals surface area contributed by atoms with Crippen LogP contribution in [-0.2, 0) is 21.4 Å². The second-order valence-electron chi connectivity index (χ2n) is 7.35. The van der Waals surface area contributed by atoms with Crippen LogP contribution in [0.2, 0.25) is 10.0 Å². The Balaban J connectivity index is 1.86. The van der Waals surface area contributed by atoms with Crippen LogP contribution >= 0.6 is 23.2 Å². The van der Waals surface area contributed by atoms with Gasteiger partial charge in [-0.15, -0.1) is 0 Å². The van der Waals surface area contributed by atoms with Crippen LogP contribution in [0.3, 0.4) is 0 Å². The minimum atomic E-state index is -3.98. The molecule has 0 saturated carbocycles. The normalized spacial score (nSPS) is 12.4. The lowest BCUT2D eigenvalue weighted by Gasteiger charge is -2.24. The highest BCUT2D eigenvalue weighted by Gasteiger charge is 2.28. The summed E-state index contributed by atoms with van der Waals surface area (Å²) in [4.78, 5) is 13.0. The fraction of sp³-hybridized carbons (Fsp3) is 0.208. The minimum absolute atomic E-state index is 0.0839. The van der Waals surface area contributed by atoms with Crippen LogP contribution < -0.4 is 10.1 Å². The Morgan fingerprint density at radius 3 is 2.36 bits per heavy atom. The molecule has 0 aromatic heterocycles. The predicted molar refractivity (Wildman–Crippen MR) is 130 cm³/mol. The monoisotopic (exact) mass is 506 g/mol. The number of hydrogen-bond donors (Lipinski definition) is 1. The molecule has 174 valence electrons. The number of amides is 1. The van der Waals surface area contributed by atoms with Gasteiger partial charge in [0.1, 0.15) is 5.75 Å². The van der Waals surface area contributed by atoms with Gasteiger partial charge in [0.15, 0.2) is 0 Å². The van der Waals surface area contributed by atoms with Crippen LogP contribution in [0.15, 0.2) is 77.7 Å². The van der Waals surface area contributed by atoms with Crippen molar-refractivity contribution in [1.29, 1.82) is 0 Å². The number of carbonyl (C=O) groups excluding carboxylic acids is 1.